The van der Waals surface area contributed by atoms with Crippen molar-refractivity contribution in [1.29, 1.82) is 0 Å². The molecule has 0 unspecified atom stereocenters. The Morgan fingerprint density at radius 1 is 1.35 bits per heavy atom. The molecule has 1 aliphatic rings. The summed E-state index contributed by atoms with van der Waals surface area (Å²) in [5.41, 5.74) is 3.01. The molecule has 2 aromatic heterocycles. The minimum atomic E-state index is -0.184. The smallest absolute Gasteiger partial charge is 0.262 e. The molecular weight excluding hydrogens is 352 g/mol. The van der Waals surface area contributed by atoms with Crippen molar-refractivity contribution >= 4 is 34.0 Å². The fraction of sp³-hybridized carbons (Fsp3) is 0.111. The van der Waals surface area contributed by atoms with Gasteiger partial charge in [0, 0.05) is 23.3 Å². The Kier molecular flexibility index (Phi) is 4.32. The Bertz CT molecular complexity index is 972. The highest BCUT2D eigenvalue weighted by molar-refractivity contribution is 7.14. The molecule has 0 saturated carbocycles. The number of hydrogen-bond acceptors (Lipinski definition) is 6. The molecule has 1 aromatic carbocycles. The lowest BCUT2D eigenvalue weighted by molar-refractivity contribution is -0.118. The highest BCUT2D eigenvalue weighted by Crippen LogP contribution is 2.33. The fourth-order valence-corrected chi connectivity index (χ4v) is 3.29. The number of hydrogen-bond donors (Lipinski definition) is 2. The van der Waals surface area contributed by atoms with Crippen molar-refractivity contribution in [1.82, 2.24) is 9.97 Å². The third-order valence-corrected chi connectivity index (χ3v) is 4.50. The van der Waals surface area contributed by atoms with Gasteiger partial charge in [-0.05, 0) is 29.8 Å². The lowest BCUT2D eigenvalue weighted by Gasteiger charge is -2.18. The Morgan fingerprint density at radius 3 is 3.12 bits per heavy atom. The van der Waals surface area contributed by atoms with Gasteiger partial charge in [0.2, 0.25) is 5.91 Å². The number of benzene rings is 1. The van der Waals surface area contributed by atoms with Gasteiger partial charge in [-0.3, -0.25) is 14.6 Å². The maximum Gasteiger partial charge on any atom is 0.262 e. The van der Waals surface area contributed by atoms with Crippen LogP contribution >= 0.6 is 11.3 Å². The summed E-state index contributed by atoms with van der Waals surface area (Å²) in [5, 5.41) is 7.94. The maximum atomic E-state index is 12.1. The van der Waals surface area contributed by atoms with E-state index in [-0.39, 0.29) is 24.8 Å². The van der Waals surface area contributed by atoms with Crippen LogP contribution in [0.3, 0.4) is 0 Å². The van der Waals surface area contributed by atoms with Gasteiger partial charge in [-0.1, -0.05) is 6.07 Å². The van der Waals surface area contributed by atoms with E-state index in [1.807, 2.05) is 23.6 Å². The minimum Gasteiger partial charge on any atom is -0.482 e. The summed E-state index contributed by atoms with van der Waals surface area (Å²) in [4.78, 5) is 32.0. The molecular formula is C18H14N4O3S. The van der Waals surface area contributed by atoms with Gasteiger partial charge in [-0.15, -0.1) is 11.3 Å². The maximum absolute atomic E-state index is 12.1. The molecule has 4 rings (SSSR count). The number of anilines is 2. The molecule has 1 aliphatic heterocycles. The number of carbonyl (C=O) groups excluding carboxylic acids is 2. The Balaban J connectivity index is 1.47. The van der Waals surface area contributed by atoms with Crippen molar-refractivity contribution in [3.8, 4) is 17.0 Å². The molecule has 0 saturated heterocycles. The molecule has 3 heterocycles. The summed E-state index contributed by atoms with van der Waals surface area (Å²) in [6.07, 6.45) is 3.57. The minimum absolute atomic E-state index is 0.0240. The van der Waals surface area contributed by atoms with Gasteiger partial charge in [-0.2, -0.15) is 0 Å². The predicted molar refractivity (Wildman–Crippen MR) is 98.2 cm³/mol. The van der Waals surface area contributed by atoms with E-state index >= 15 is 0 Å². The molecule has 3 aromatic rings. The summed E-state index contributed by atoms with van der Waals surface area (Å²) in [6, 6.07) is 9.12. The van der Waals surface area contributed by atoms with Crippen molar-refractivity contribution in [2.24, 2.45) is 0 Å². The molecule has 0 aliphatic carbocycles. The Hall–Kier alpha value is -3.26. The molecule has 7 nitrogen and oxygen atoms in total. The molecule has 2 amide bonds. The van der Waals surface area contributed by atoms with Crippen LogP contribution in [0, 0.1) is 0 Å². The zero-order valence-corrected chi connectivity index (χ0v) is 14.4. The number of rotatable bonds is 4. The third kappa shape index (κ3) is 3.55. The van der Waals surface area contributed by atoms with Gasteiger partial charge in [0.1, 0.15) is 5.75 Å². The number of fused-ring (bicyclic) bond motifs is 1. The lowest BCUT2D eigenvalue weighted by atomic mass is 10.1. The van der Waals surface area contributed by atoms with E-state index in [2.05, 4.69) is 20.6 Å². The first-order chi connectivity index (χ1) is 12.7. The zero-order chi connectivity index (χ0) is 17.9. The van der Waals surface area contributed by atoms with Crippen molar-refractivity contribution in [2.45, 2.75) is 6.42 Å². The van der Waals surface area contributed by atoms with Crippen LogP contribution < -0.4 is 15.4 Å². The predicted octanol–water partition coefficient (Wildman–Crippen LogP) is 2.72. The van der Waals surface area contributed by atoms with E-state index in [1.165, 1.54) is 11.3 Å². The molecule has 0 atom stereocenters. The zero-order valence-electron chi connectivity index (χ0n) is 13.6. The van der Waals surface area contributed by atoms with Crippen LogP contribution in [0.5, 0.6) is 5.75 Å². The van der Waals surface area contributed by atoms with Gasteiger partial charge < -0.3 is 15.4 Å². The second kappa shape index (κ2) is 6.93. The number of pyridine rings is 1. The summed E-state index contributed by atoms with van der Waals surface area (Å²) in [7, 11) is 0. The van der Waals surface area contributed by atoms with Gasteiger partial charge in [-0.25, -0.2) is 4.98 Å². The monoisotopic (exact) mass is 366 g/mol. The Morgan fingerprint density at radius 2 is 2.27 bits per heavy atom. The van der Waals surface area contributed by atoms with Crippen LogP contribution in [0.4, 0.5) is 10.8 Å². The fourth-order valence-electron chi connectivity index (χ4n) is 2.56. The van der Waals surface area contributed by atoms with Gasteiger partial charge in [0.15, 0.2) is 11.7 Å². The molecule has 0 fully saturated rings. The largest absolute Gasteiger partial charge is 0.482 e. The second-order valence-electron chi connectivity index (χ2n) is 5.67. The highest BCUT2D eigenvalue weighted by Gasteiger charge is 2.17. The molecule has 26 heavy (non-hydrogen) atoms. The SMILES string of the molecule is O=C(Cc1cccnc1)Nc1nc(-c2ccc3c(c2)NC(=O)CO3)cs1. The highest BCUT2D eigenvalue weighted by atomic mass is 32.1. The molecule has 130 valence electrons. The van der Waals surface area contributed by atoms with Crippen LogP contribution in [0.2, 0.25) is 0 Å². The van der Waals surface area contributed by atoms with Gasteiger partial charge in [0.25, 0.3) is 5.91 Å². The summed E-state index contributed by atoms with van der Waals surface area (Å²) in [5.74, 6) is 0.301. The molecule has 0 spiro atoms. The number of nitrogens with zero attached hydrogens (tertiary/aromatic N) is 2. The summed E-state index contributed by atoms with van der Waals surface area (Å²) in [6.45, 7) is 0.0240. The lowest BCUT2D eigenvalue weighted by Crippen LogP contribution is -2.25. The van der Waals surface area contributed by atoms with Crippen LogP contribution in [0.15, 0.2) is 48.1 Å². The molecule has 2 N–H and O–H groups in total. The van der Waals surface area contributed by atoms with Crippen LogP contribution in [0.1, 0.15) is 5.56 Å². The molecule has 0 radical (unpaired) electrons. The number of aromatic nitrogens is 2. The third-order valence-electron chi connectivity index (χ3n) is 3.75. The summed E-state index contributed by atoms with van der Waals surface area (Å²) < 4.78 is 5.35. The van der Waals surface area contributed by atoms with Crippen LogP contribution in [-0.2, 0) is 16.0 Å². The van der Waals surface area contributed by atoms with Crippen molar-refractivity contribution < 1.29 is 14.3 Å². The summed E-state index contributed by atoms with van der Waals surface area (Å²) >= 11 is 1.34. The average molecular weight is 366 g/mol. The number of carbonyl (C=O) groups is 2. The number of thiazole rings is 1. The van der Waals surface area contributed by atoms with E-state index in [4.69, 9.17) is 4.74 Å². The van der Waals surface area contributed by atoms with Gasteiger partial charge in [0.05, 0.1) is 17.8 Å². The van der Waals surface area contributed by atoms with E-state index in [0.29, 0.717) is 22.3 Å². The van der Waals surface area contributed by atoms with Crippen LogP contribution in [-0.4, -0.2) is 28.4 Å². The molecule has 0 bridgehead atoms. The average Bonchev–Trinajstić information content (AvgIpc) is 3.10. The van der Waals surface area contributed by atoms with Crippen LogP contribution in [0.25, 0.3) is 11.3 Å². The van der Waals surface area contributed by atoms with E-state index < -0.39 is 0 Å². The topological polar surface area (TPSA) is 93.2 Å². The van der Waals surface area contributed by atoms with Crippen molar-refractivity contribution in [3.63, 3.8) is 0 Å². The standard InChI is InChI=1S/C18H14N4O3S/c23-16(6-11-2-1-5-19-8-11)22-18-21-14(10-26-18)12-3-4-15-13(7-12)20-17(24)9-25-15/h1-5,7-8,10H,6,9H2,(H,20,24)(H,21,22,23). The van der Waals surface area contributed by atoms with Crippen molar-refractivity contribution in [2.75, 3.05) is 17.2 Å². The first-order valence-electron chi connectivity index (χ1n) is 7.89. The number of ether oxygens (including phenoxy) is 1. The Labute approximate surface area is 153 Å². The van der Waals surface area contributed by atoms with Gasteiger partial charge >= 0.3 is 0 Å². The van der Waals surface area contributed by atoms with E-state index in [9.17, 15) is 9.59 Å². The first kappa shape index (κ1) is 16.2. The van der Waals surface area contributed by atoms with E-state index in [0.717, 1.165) is 11.1 Å². The second-order valence-corrected chi connectivity index (χ2v) is 6.53. The number of nitrogens with one attached hydrogen (secondary N) is 2. The molecule has 8 heteroatoms. The number of amides is 2. The normalized spacial score (nSPS) is 12.7. The first-order valence-corrected chi connectivity index (χ1v) is 8.77. The van der Waals surface area contributed by atoms with Crippen molar-refractivity contribution in [3.05, 3.63) is 53.7 Å². The van der Waals surface area contributed by atoms with E-state index in [1.54, 1.807) is 24.5 Å². The quantitative estimate of drug-likeness (QED) is 0.741.